The van der Waals surface area contributed by atoms with Gasteiger partial charge in [0, 0.05) is 42.0 Å². The topological polar surface area (TPSA) is 99.3 Å². The number of amides is 4. The van der Waals surface area contributed by atoms with E-state index in [-0.39, 0.29) is 36.5 Å². The monoisotopic (exact) mass is 402 g/mol. The Morgan fingerprint density at radius 3 is 2.14 bits per heavy atom. The molecule has 0 aromatic heterocycles. The van der Waals surface area contributed by atoms with Crippen LogP contribution in [0.15, 0.2) is 42.5 Å². The lowest BCUT2D eigenvalue weighted by Gasteiger charge is -2.09. The highest BCUT2D eigenvalue weighted by Crippen LogP contribution is 2.30. The number of rotatable bonds is 7. The van der Waals surface area contributed by atoms with Crippen molar-refractivity contribution in [2.45, 2.75) is 12.8 Å². The van der Waals surface area contributed by atoms with Crippen LogP contribution in [0, 0.1) is 17.6 Å². The van der Waals surface area contributed by atoms with Gasteiger partial charge in [0.1, 0.15) is 0 Å². The lowest BCUT2D eigenvalue weighted by Crippen LogP contribution is -2.36. The molecule has 1 aliphatic rings. The zero-order chi connectivity index (χ0) is 20.8. The Bertz CT molecular complexity index is 914. The molecular formula is C20H20F2N4O3. The fraction of sp³-hybridized carbons (Fsp3) is 0.250. The average Bonchev–Trinajstić information content (AvgIpc) is 3.54. The predicted molar refractivity (Wildman–Crippen MR) is 104 cm³/mol. The third-order valence-corrected chi connectivity index (χ3v) is 4.24. The molecule has 1 saturated carbocycles. The summed E-state index contributed by atoms with van der Waals surface area (Å²) in [6.07, 6.45) is 1.83. The molecule has 0 unspecified atom stereocenters. The van der Waals surface area contributed by atoms with E-state index >= 15 is 0 Å². The molecule has 0 bridgehead atoms. The maximum Gasteiger partial charge on any atom is 0.319 e. The average molecular weight is 402 g/mol. The molecule has 4 amide bonds. The predicted octanol–water partition coefficient (Wildman–Crippen LogP) is 2.86. The summed E-state index contributed by atoms with van der Waals surface area (Å²) in [6.45, 7) is 0.307. The largest absolute Gasteiger partial charge is 0.350 e. The van der Waals surface area contributed by atoms with Crippen molar-refractivity contribution in [3.63, 3.8) is 0 Å². The van der Waals surface area contributed by atoms with Gasteiger partial charge in [0.05, 0.1) is 0 Å². The van der Waals surface area contributed by atoms with Gasteiger partial charge in [0.25, 0.3) is 5.91 Å². The lowest BCUT2D eigenvalue weighted by atomic mass is 10.2. The maximum absolute atomic E-state index is 13.1. The molecule has 7 nitrogen and oxygen atoms in total. The zero-order valence-electron chi connectivity index (χ0n) is 15.4. The first-order valence-corrected chi connectivity index (χ1v) is 9.11. The summed E-state index contributed by atoms with van der Waals surface area (Å²) >= 11 is 0. The van der Waals surface area contributed by atoms with Crippen molar-refractivity contribution in [2.24, 2.45) is 5.92 Å². The Hall–Kier alpha value is -3.49. The summed E-state index contributed by atoms with van der Waals surface area (Å²) in [7, 11) is 0. The number of hydrogen-bond acceptors (Lipinski definition) is 3. The molecule has 0 spiro atoms. The minimum absolute atomic E-state index is 0.00470. The zero-order valence-corrected chi connectivity index (χ0v) is 15.4. The van der Waals surface area contributed by atoms with Gasteiger partial charge >= 0.3 is 6.03 Å². The van der Waals surface area contributed by atoms with Crippen molar-refractivity contribution in [2.75, 3.05) is 23.7 Å². The van der Waals surface area contributed by atoms with Crippen LogP contribution in [0.5, 0.6) is 0 Å². The van der Waals surface area contributed by atoms with Crippen LogP contribution in [-0.2, 0) is 4.79 Å². The van der Waals surface area contributed by atoms with E-state index in [2.05, 4.69) is 21.3 Å². The van der Waals surface area contributed by atoms with Crippen molar-refractivity contribution in [3.05, 3.63) is 59.7 Å². The molecule has 152 valence electrons. The van der Waals surface area contributed by atoms with Crippen LogP contribution in [0.25, 0.3) is 0 Å². The van der Waals surface area contributed by atoms with Crippen molar-refractivity contribution < 1.29 is 23.2 Å². The third kappa shape index (κ3) is 6.00. The SMILES string of the molecule is O=C(NCCNC(=O)c1ccc(NC(=O)C2CC2)cc1)Nc1ccc(F)c(F)c1. The van der Waals surface area contributed by atoms with E-state index in [9.17, 15) is 23.2 Å². The van der Waals surface area contributed by atoms with Crippen molar-refractivity contribution >= 4 is 29.2 Å². The molecule has 3 rings (SSSR count). The Morgan fingerprint density at radius 2 is 1.48 bits per heavy atom. The van der Waals surface area contributed by atoms with Crippen LogP contribution in [-0.4, -0.2) is 30.9 Å². The molecule has 0 heterocycles. The molecule has 0 radical (unpaired) electrons. The summed E-state index contributed by atoms with van der Waals surface area (Å²) < 4.78 is 25.9. The highest BCUT2D eigenvalue weighted by Gasteiger charge is 2.29. The number of hydrogen-bond donors (Lipinski definition) is 4. The number of halogens is 2. The van der Waals surface area contributed by atoms with Crippen molar-refractivity contribution in [3.8, 4) is 0 Å². The van der Waals surface area contributed by atoms with Gasteiger partial charge in [0.15, 0.2) is 11.6 Å². The van der Waals surface area contributed by atoms with E-state index in [0.29, 0.717) is 11.3 Å². The first kappa shape index (κ1) is 20.2. The third-order valence-electron chi connectivity index (χ3n) is 4.24. The van der Waals surface area contributed by atoms with E-state index in [4.69, 9.17) is 0 Å². The second-order valence-corrected chi connectivity index (χ2v) is 6.61. The standard InChI is InChI=1S/C20H20F2N4O3/c21-16-8-7-15(11-17(16)22)26-20(29)24-10-9-23-18(27)12-3-5-14(6-4-12)25-19(28)13-1-2-13/h3-8,11,13H,1-2,9-10H2,(H,23,27)(H,25,28)(H2,24,26,29). The van der Waals surface area contributed by atoms with Gasteiger partial charge in [-0.25, -0.2) is 13.6 Å². The molecule has 2 aromatic rings. The minimum Gasteiger partial charge on any atom is -0.350 e. The molecule has 0 aliphatic heterocycles. The Kier molecular flexibility index (Phi) is 6.38. The van der Waals surface area contributed by atoms with E-state index in [0.717, 1.165) is 25.0 Å². The Balaban J connectivity index is 1.37. The molecule has 1 aliphatic carbocycles. The summed E-state index contributed by atoms with van der Waals surface area (Å²) in [5.41, 5.74) is 1.16. The van der Waals surface area contributed by atoms with Crippen LogP contribution < -0.4 is 21.3 Å². The fourth-order valence-electron chi connectivity index (χ4n) is 2.50. The Morgan fingerprint density at radius 1 is 0.828 bits per heavy atom. The van der Waals surface area contributed by atoms with Gasteiger partial charge < -0.3 is 21.3 Å². The van der Waals surface area contributed by atoms with Gasteiger partial charge in [-0.1, -0.05) is 0 Å². The Labute approximate surface area is 165 Å². The molecule has 9 heteroatoms. The molecule has 29 heavy (non-hydrogen) atoms. The molecule has 4 N–H and O–H groups in total. The molecule has 2 aromatic carbocycles. The van der Waals surface area contributed by atoms with E-state index in [1.165, 1.54) is 6.07 Å². The number of carbonyl (C=O) groups excluding carboxylic acids is 3. The highest BCUT2D eigenvalue weighted by molar-refractivity contribution is 5.96. The summed E-state index contributed by atoms with van der Waals surface area (Å²) in [5.74, 6) is -2.29. The smallest absolute Gasteiger partial charge is 0.319 e. The number of urea groups is 1. The fourth-order valence-corrected chi connectivity index (χ4v) is 2.50. The van der Waals surface area contributed by atoms with Crippen LogP contribution in [0.3, 0.4) is 0 Å². The van der Waals surface area contributed by atoms with Gasteiger partial charge in [-0.2, -0.15) is 0 Å². The molecule has 1 fully saturated rings. The van der Waals surface area contributed by atoms with Crippen LogP contribution >= 0.6 is 0 Å². The second-order valence-electron chi connectivity index (χ2n) is 6.61. The van der Waals surface area contributed by atoms with Gasteiger partial charge in [0.2, 0.25) is 5.91 Å². The first-order valence-electron chi connectivity index (χ1n) is 9.11. The summed E-state index contributed by atoms with van der Waals surface area (Å²) in [5, 5.41) is 10.3. The number of benzene rings is 2. The maximum atomic E-state index is 13.1. The summed E-state index contributed by atoms with van der Waals surface area (Å²) in [6, 6.07) is 8.91. The second kappa shape index (κ2) is 9.13. The number of carbonyl (C=O) groups is 3. The molecular weight excluding hydrogens is 382 g/mol. The lowest BCUT2D eigenvalue weighted by molar-refractivity contribution is -0.117. The van der Waals surface area contributed by atoms with Crippen molar-refractivity contribution in [1.82, 2.24) is 10.6 Å². The van der Waals surface area contributed by atoms with E-state index < -0.39 is 17.7 Å². The van der Waals surface area contributed by atoms with Crippen LogP contribution in [0.4, 0.5) is 25.0 Å². The number of nitrogens with one attached hydrogen (secondary N) is 4. The minimum atomic E-state index is -1.06. The normalized spacial score (nSPS) is 12.8. The van der Waals surface area contributed by atoms with Gasteiger partial charge in [-0.3, -0.25) is 9.59 Å². The van der Waals surface area contributed by atoms with E-state index in [1.54, 1.807) is 24.3 Å². The molecule has 0 saturated heterocycles. The number of anilines is 2. The van der Waals surface area contributed by atoms with Crippen LogP contribution in [0.1, 0.15) is 23.2 Å². The van der Waals surface area contributed by atoms with E-state index in [1.807, 2.05) is 0 Å². The molecule has 0 atom stereocenters. The van der Waals surface area contributed by atoms with Crippen molar-refractivity contribution in [1.29, 1.82) is 0 Å². The van der Waals surface area contributed by atoms with Crippen LogP contribution in [0.2, 0.25) is 0 Å². The highest BCUT2D eigenvalue weighted by atomic mass is 19.2. The van der Waals surface area contributed by atoms with Gasteiger partial charge in [-0.05, 0) is 49.2 Å². The van der Waals surface area contributed by atoms with Gasteiger partial charge in [-0.15, -0.1) is 0 Å². The quantitative estimate of drug-likeness (QED) is 0.536. The first-order chi connectivity index (χ1) is 13.9. The summed E-state index contributed by atoms with van der Waals surface area (Å²) in [4.78, 5) is 35.5.